The minimum absolute atomic E-state index is 0.101. The zero-order chi connectivity index (χ0) is 16.0. The lowest BCUT2D eigenvalue weighted by Crippen LogP contribution is -2.05. The maximum Gasteiger partial charge on any atom is 0.163 e. The quantitative estimate of drug-likeness (QED) is 0.597. The highest BCUT2D eigenvalue weighted by atomic mass is 16.3. The summed E-state index contributed by atoms with van der Waals surface area (Å²) in [5.41, 5.74) is 12.5. The monoisotopic (exact) mass is 303 g/mol. The van der Waals surface area contributed by atoms with Crippen LogP contribution >= 0.6 is 0 Å². The SMILES string of the molecule is Cc1cc([C@@H](C)N)c2oc3c(-c4ccccn4)ccnc3c2c1. The van der Waals surface area contributed by atoms with E-state index in [1.165, 1.54) is 0 Å². The normalized spacial score (nSPS) is 12.8. The Hall–Kier alpha value is -2.72. The van der Waals surface area contributed by atoms with Gasteiger partial charge in [-0.3, -0.25) is 9.97 Å². The van der Waals surface area contributed by atoms with Crippen LogP contribution in [0.1, 0.15) is 24.1 Å². The number of aryl methyl sites for hydroxylation is 1. The molecule has 3 aromatic heterocycles. The number of nitrogens with two attached hydrogens (primary N) is 1. The van der Waals surface area contributed by atoms with Gasteiger partial charge < -0.3 is 10.2 Å². The molecule has 4 rings (SSSR count). The van der Waals surface area contributed by atoms with Gasteiger partial charge in [-0.1, -0.05) is 12.1 Å². The van der Waals surface area contributed by atoms with Crippen LogP contribution in [0, 0.1) is 6.92 Å². The second-order valence-electron chi connectivity index (χ2n) is 5.87. The van der Waals surface area contributed by atoms with Crippen LogP contribution in [0.15, 0.2) is 53.2 Å². The largest absolute Gasteiger partial charge is 0.453 e. The molecule has 0 saturated heterocycles. The zero-order valence-electron chi connectivity index (χ0n) is 13.1. The van der Waals surface area contributed by atoms with Crippen molar-refractivity contribution in [1.82, 2.24) is 9.97 Å². The summed E-state index contributed by atoms with van der Waals surface area (Å²) in [6, 6.07) is 11.9. The number of hydrogen-bond acceptors (Lipinski definition) is 4. The van der Waals surface area contributed by atoms with Gasteiger partial charge in [0.15, 0.2) is 5.58 Å². The molecule has 0 aliphatic carbocycles. The lowest BCUT2D eigenvalue weighted by atomic mass is 10.0. The van der Waals surface area contributed by atoms with E-state index in [2.05, 4.69) is 29.0 Å². The summed E-state index contributed by atoms with van der Waals surface area (Å²) in [6.07, 6.45) is 3.58. The first-order chi connectivity index (χ1) is 11.1. The number of rotatable bonds is 2. The molecule has 4 aromatic rings. The van der Waals surface area contributed by atoms with Crippen molar-refractivity contribution in [3.05, 3.63) is 59.9 Å². The molecule has 0 amide bonds. The van der Waals surface area contributed by atoms with Gasteiger partial charge in [0.1, 0.15) is 11.1 Å². The van der Waals surface area contributed by atoms with Crippen molar-refractivity contribution in [2.24, 2.45) is 5.73 Å². The molecule has 0 unspecified atom stereocenters. The van der Waals surface area contributed by atoms with E-state index in [0.717, 1.165) is 44.5 Å². The van der Waals surface area contributed by atoms with Gasteiger partial charge in [0.05, 0.1) is 5.69 Å². The molecule has 114 valence electrons. The number of furan rings is 1. The minimum Gasteiger partial charge on any atom is -0.453 e. The third-order valence-electron chi connectivity index (χ3n) is 4.06. The van der Waals surface area contributed by atoms with Gasteiger partial charge in [-0.15, -0.1) is 0 Å². The number of aromatic nitrogens is 2. The molecular formula is C19H17N3O. The Morgan fingerprint density at radius 2 is 1.91 bits per heavy atom. The fourth-order valence-electron chi connectivity index (χ4n) is 3.00. The van der Waals surface area contributed by atoms with Gasteiger partial charge in [-0.2, -0.15) is 0 Å². The Morgan fingerprint density at radius 3 is 2.65 bits per heavy atom. The van der Waals surface area contributed by atoms with Gasteiger partial charge in [0.2, 0.25) is 0 Å². The van der Waals surface area contributed by atoms with E-state index in [4.69, 9.17) is 10.2 Å². The van der Waals surface area contributed by atoms with Crippen molar-refractivity contribution in [3.63, 3.8) is 0 Å². The van der Waals surface area contributed by atoms with E-state index in [9.17, 15) is 0 Å². The summed E-state index contributed by atoms with van der Waals surface area (Å²) in [7, 11) is 0. The van der Waals surface area contributed by atoms with Crippen LogP contribution in [0.4, 0.5) is 0 Å². The van der Waals surface area contributed by atoms with Gasteiger partial charge in [0, 0.05) is 34.9 Å². The van der Waals surface area contributed by atoms with Gasteiger partial charge >= 0.3 is 0 Å². The van der Waals surface area contributed by atoms with Crippen molar-refractivity contribution < 1.29 is 4.42 Å². The number of benzene rings is 1. The van der Waals surface area contributed by atoms with Crippen molar-refractivity contribution in [1.29, 1.82) is 0 Å². The molecule has 2 N–H and O–H groups in total. The average molecular weight is 303 g/mol. The lowest BCUT2D eigenvalue weighted by molar-refractivity contribution is 0.654. The Labute approximate surface area is 134 Å². The molecule has 0 spiro atoms. The summed E-state index contributed by atoms with van der Waals surface area (Å²) in [6.45, 7) is 4.03. The van der Waals surface area contributed by atoms with Crippen molar-refractivity contribution in [2.45, 2.75) is 19.9 Å². The fraction of sp³-hybridized carbons (Fsp3) is 0.158. The van der Waals surface area contributed by atoms with Gasteiger partial charge in [-0.05, 0) is 43.7 Å². The number of nitrogens with zero attached hydrogens (tertiary/aromatic N) is 2. The number of hydrogen-bond donors (Lipinski definition) is 1. The van der Waals surface area contributed by atoms with Crippen LogP contribution in [0.5, 0.6) is 0 Å². The van der Waals surface area contributed by atoms with Gasteiger partial charge in [0.25, 0.3) is 0 Å². The Bertz CT molecular complexity index is 1000. The third kappa shape index (κ3) is 2.19. The van der Waals surface area contributed by atoms with Crippen LogP contribution in [0.3, 0.4) is 0 Å². The van der Waals surface area contributed by atoms with Crippen molar-refractivity contribution in [3.8, 4) is 11.3 Å². The Kier molecular flexibility index (Phi) is 3.13. The molecule has 3 heterocycles. The van der Waals surface area contributed by atoms with Crippen LogP contribution < -0.4 is 5.73 Å². The summed E-state index contributed by atoms with van der Waals surface area (Å²) in [4.78, 5) is 8.97. The highest BCUT2D eigenvalue weighted by Gasteiger charge is 2.18. The first-order valence-corrected chi connectivity index (χ1v) is 7.64. The zero-order valence-corrected chi connectivity index (χ0v) is 13.1. The molecular weight excluding hydrogens is 286 g/mol. The fourth-order valence-corrected chi connectivity index (χ4v) is 3.00. The molecule has 4 heteroatoms. The molecule has 0 radical (unpaired) electrons. The van der Waals surface area contributed by atoms with Crippen LogP contribution in [0.2, 0.25) is 0 Å². The lowest BCUT2D eigenvalue weighted by Gasteiger charge is -2.07. The van der Waals surface area contributed by atoms with E-state index < -0.39 is 0 Å². The standard InChI is InChI=1S/C19H17N3O/c1-11-9-14(12(2)20)18-15(10-11)17-19(23-18)13(6-8-22-17)16-5-3-4-7-21-16/h3-10,12H,20H2,1-2H3/t12-/m1/s1. The number of fused-ring (bicyclic) bond motifs is 3. The van der Waals surface area contributed by atoms with Crippen molar-refractivity contribution >= 4 is 22.1 Å². The van der Waals surface area contributed by atoms with Gasteiger partial charge in [-0.25, -0.2) is 0 Å². The van der Waals surface area contributed by atoms with E-state index >= 15 is 0 Å². The maximum absolute atomic E-state index is 6.20. The molecule has 0 saturated carbocycles. The first kappa shape index (κ1) is 13.9. The highest BCUT2D eigenvalue weighted by molar-refractivity contribution is 6.08. The maximum atomic E-state index is 6.20. The second-order valence-corrected chi connectivity index (χ2v) is 5.87. The summed E-state index contributed by atoms with van der Waals surface area (Å²) in [5.74, 6) is 0. The predicted molar refractivity (Wildman–Crippen MR) is 92.1 cm³/mol. The van der Waals surface area contributed by atoms with E-state index in [-0.39, 0.29) is 6.04 Å². The second kappa shape index (κ2) is 5.18. The smallest absolute Gasteiger partial charge is 0.163 e. The predicted octanol–water partition coefficient (Wildman–Crippen LogP) is 4.37. The topological polar surface area (TPSA) is 64.9 Å². The van der Waals surface area contributed by atoms with E-state index in [1.54, 1.807) is 12.4 Å². The minimum atomic E-state index is -0.101. The van der Waals surface area contributed by atoms with Crippen molar-refractivity contribution in [2.75, 3.05) is 0 Å². The number of pyridine rings is 2. The summed E-state index contributed by atoms with van der Waals surface area (Å²) >= 11 is 0. The molecule has 1 aromatic carbocycles. The van der Waals surface area contributed by atoms with E-state index in [0.29, 0.717) is 0 Å². The molecule has 0 aliphatic rings. The third-order valence-corrected chi connectivity index (χ3v) is 4.06. The molecule has 0 bridgehead atoms. The molecule has 0 fully saturated rings. The summed E-state index contributed by atoms with van der Waals surface area (Å²) < 4.78 is 6.20. The molecule has 4 nitrogen and oxygen atoms in total. The van der Waals surface area contributed by atoms with Crippen LogP contribution in [0.25, 0.3) is 33.3 Å². The summed E-state index contributed by atoms with van der Waals surface area (Å²) in [5, 5.41) is 1.00. The molecule has 0 aliphatic heterocycles. The molecule has 1 atom stereocenters. The Morgan fingerprint density at radius 1 is 1.04 bits per heavy atom. The Balaban J connectivity index is 2.12. The first-order valence-electron chi connectivity index (χ1n) is 7.64. The average Bonchev–Trinajstić information content (AvgIpc) is 2.93. The molecule has 23 heavy (non-hydrogen) atoms. The van der Waals surface area contributed by atoms with Crippen LogP contribution in [-0.4, -0.2) is 9.97 Å². The van der Waals surface area contributed by atoms with E-state index in [1.807, 2.05) is 31.2 Å². The highest BCUT2D eigenvalue weighted by Crippen LogP contribution is 2.36. The van der Waals surface area contributed by atoms with Crippen LogP contribution in [-0.2, 0) is 0 Å².